The van der Waals surface area contributed by atoms with E-state index in [0.717, 1.165) is 20.9 Å². The van der Waals surface area contributed by atoms with Crippen molar-refractivity contribution in [3.63, 3.8) is 0 Å². The van der Waals surface area contributed by atoms with Crippen LogP contribution in [0.2, 0.25) is 0 Å². The minimum Gasteiger partial charge on any atom is -0.456 e. The molecule has 4 rings (SSSR count). The summed E-state index contributed by atoms with van der Waals surface area (Å²) in [5, 5.41) is 3.03. The van der Waals surface area contributed by atoms with E-state index in [2.05, 4.69) is 5.32 Å². The van der Waals surface area contributed by atoms with Crippen molar-refractivity contribution in [1.82, 2.24) is 5.32 Å². The lowest BCUT2D eigenvalue weighted by Gasteiger charge is -2.26. The van der Waals surface area contributed by atoms with Crippen molar-refractivity contribution >= 4 is 23.2 Å². The molecule has 160 valence electrons. The minimum atomic E-state index is -0.596. The van der Waals surface area contributed by atoms with Crippen molar-refractivity contribution in [2.24, 2.45) is 0 Å². The van der Waals surface area contributed by atoms with Gasteiger partial charge >= 0.3 is 5.97 Å². The molecule has 1 N–H and O–H groups in total. The molecule has 0 radical (unpaired) electrons. The summed E-state index contributed by atoms with van der Waals surface area (Å²) in [6.07, 6.45) is 0.188. The number of aryl methyl sites for hydroxylation is 1. The van der Waals surface area contributed by atoms with E-state index in [9.17, 15) is 9.59 Å². The first-order valence-electron chi connectivity index (χ1n) is 9.82. The number of ether oxygens (including phenoxy) is 4. The Bertz CT molecular complexity index is 990. The lowest BCUT2D eigenvalue weighted by molar-refractivity contribution is -0.121. The fourth-order valence-corrected chi connectivity index (χ4v) is 4.79. The van der Waals surface area contributed by atoms with Gasteiger partial charge in [-0.3, -0.25) is 4.79 Å². The maximum Gasteiger partial charge on any atom is 0.340 e. The molecule has 1 atom stereocenters. The predicted octanol–water partition coefficient (Wildman–Crippen LogP) is 3.67. The highest BCUT2D eigenvalue weighted by Crippen LogP contribution is 2.38. The van der Waals surface area contributed by atoms with Crippen molar-refractivity contribution in [2.75, 3.05) is 13.4 Å². The van der Waals surface area contributed by atoms with Crippen LogP contribution in [-0.4, -0.2) is 30.9 Å². The molecule has 0 bridgehead atoms. The van der Waals surface area contributed by atoms with Gasteiger partial charge in [0.2, 0.25) is 12.7 Å². The second-order valence-electron chi connectivity index (χ2n) is 8.37. The number of benzene rings is 1. The van der Waals surface area contributed by atoms with Crippen LogP contribution in [0.4, 0.5) is 0 Å². The summed E-state index contributed by atoms with van der Waals surface area (Å²) in [4.78, 5) is 27.4. The highest BCUT2D eigenvalue weighted by atomic mass is 32.1. The number of nitrogens with one attached hydrogen (secondary N) is 1. The molecular formula is C22H25NO6S. The second-order valence-corrected chi connectivity index (χ2v) is 9.68. The Morgan fingerprint density at radius 3 is 2.77 bits per heavy atom. The predicted molar refractivity (Wildman–Crippen MR) is 111 cm³/mol. The molecule has 3 heterocycles. The Morgan fingerprint density at radius 2 is 2.00 bits per heavy atom. The molecule has 0 saturated heterocycles. The normalized spacial score (nSPS) is 17.4. The van der Waals surface area contributed by atoms with E-state index in [-0.39, 0.29) is 25.1 Å². The van der Waals surface area contributed by atoms with Crippen LogP contribution in [0.5, 0.6) is 11.5 Å². The average molecular weight is 432 g/mol. The third kappa shape index (κ3) is 4.29. The molecule has 2 aromatic rings. The molecule has 0 spiro atoms. The van der Waals surface area contributed by atoms with Crippen molar-refractivity contribution in [3.05, 3.63) is 44.6 Å². The van der Waals surface area contributed by atoms with E-state index in [4.69, 9.17) is 18.9 Å². The number of hydrogen-bond acceptors (Lipinski definition) is 7. The van der Waals surface area contributed by atoms with Crippen LogP contribution in [0.3, 0.4) is 0 Å². The topological polar surface area (TPSA) is 83.1 Å². The number of carbonyl (C=O) groups is 2. The van der Waals surface area contributed by atoms with Crippen LogP contribution in [-0.2, 0) is 27.3 Å². The molecule has 1 aromatic carbocycles. The molecule has 7 nitrogen and oxygen atoms in total. The first-order valence-corrected chi connectivity index (χ1v) is 10.6. The zero-order chi connectivity index (χ0) is 21.5. The smallest absolute Gasteiger partial charge is 0.340 e. The number of rotatable bonds is 4. The Morgan fingerprint density at radius 1 is 1.23 bits per heavy atom. The summed E-state index contributed by atoms with van der Waals surface area (Å²) in [6.45, 7) is 8.35. The van der Waals surface area contributed by atoms with Crippen LogP contribution in [0.1, 0.15) is 58.1 Å². The first-order chi connectivity index (χ1) is 14.2. The molecule has 1 aromatic heterocycles. The van der Waals surface area contributed by atoms with E-state index < -0.39 is 11.6 Å². The molecule has 2 aliphatic heterocycles. The molecule has 2 aliphatic rings. The number of esters is 1. The molecule has 1 unspecified atom stereocenters. The SMILES string of the molecule is Cc1sc2c(c1C(=O)OC(C)(C)C)C(NC(=O)Cc1ccc3c(c1)OCO3)COC2. The van der Waals surface area contributed by atoms with Gasteiger partial charge in [0.05, 0.1) is 31.2 Å². The Kier molecular flexibility index (Phi) is 5.46. The Labute approximate surface area is 179 Å². The maximum atomic E-state index is 12.9. The van der Waals surface area contributed by atoms with Crippen molar-refractivity contribution < 1.29 is 28.5 Å². The molecule has 8 heteroatoms. The highest BCUT2D eigenvalue weighted by Gasteiger charge is 2.33. The lowest BCUT2D eigenvalue weighted by Crippen LogP contribution is -2.36. The number of fused-ring (bicyclic) bond motifs is 2. The first kappa shape index (κ1) is 20.7. The van der Waals surface area contributed by atoms with Crippen LogP contribution >= 0.6 is 11.3 Å². The Hall–Kier alpha value is -2.58. The number of carbonyl (C=O) groups excluding carboxylic acids is 2. The number of amides is 1. The molecule has 0 saturated carbocycles. The quantitative estimate of drug-likeness (QED) is 0.744. The lowest BCUT2D eigenvalue weighted by atomic mass is 9.99. The van der Waals surface area contributed by atoms with Crippen LogP contribution in [0.25, 0.3) is 0 Å². The summed E-state index contributed by atoms with van der Waals surface area (Å²) < 4.78 is 22.0. The third-order valence-corrected chi connectivity index (χ3v) is 5.90. The van der Waals surface area contributed by atoms with E-state index >= 15 is 0 Å². The molecule has 30 heavy (non-hydrogen) atoms. The highest BCUT2D eigenvalue weighted by molar-refractivity contribution is 7.12. The zero-order valence-corrected chi connectivity index (χ0v) is 18.3. The summed E-state index contributed by atoms with van der Waals surface area (Å²) in [5.41, 5.74) is 1.59. The van der Waals surface area contributed by atoms with Crippen LogP contribution < -0.4 is 14.8 Å². The van der Waals surface area contributed by atoms with Crippen LogP contribution in [0.15, 0.2) is 18.2 Å². The van der Waals surface area contributed by atoms with Gasteiger partial charge < -0.3 is 24.3 Å². The van der Waals surface area contributed by atoms with Crippen molar-refractivity contribution in [3.8, 4) is 11.5 Å². The van der Waals surface area contributed by atoms with Gasteiger partial charge in [0.1, 0.15) is 5.60 Å². The second kappa shape index (κ2) is 7.92. The number of hydrogen-bond donors (Lipinski definition) is 1. The van der Waals surface area contributed by atoms with E-state index in [1.807, 2.05) is 39.8 Å². The summed E-state index contributed by atoms with van der Waals surface area (Å²) in [6, 6.07) is 5.06. The van der Waals surface area contributed by atoms with E-state index in [1.54, 1.807) is 6.07 Å². The van der Waals surface area contributed by atoms with Crippen LogP contribution in [0, 0.1) is 6.92 Å². The van der Waals surface area contributed by atoms with E-state index in [1.165, 1.54) is 11.3 Å². The summed E-state index contributed by atoms with van der Waals surface area (Å²) >= 11 is 1.51. The largest absolute Gasteiger partial charge is 0.456 e. The van der Waals surface area contributed by atoms with Crippen molar-refractivity contribution in [1.29, 1.82) is 0 Å². The van der Waals surface area contributed by atoms with Gasteiger partial charge in [0, 0.05) is 15.3 Å². The standard InChI is InChI=1S/C22H25NO6S/c1-12-19(21(25)29-22(2,3)4)20-14(9-26-10-17(20)30-12)23-18(24)8-13-5-6-15-16(7-13)28-11-27-15/h5-7,14H,8-11H2,1-4H3,(H,23,24). The fraction of sp³-hybridized carbons (Fsp3) is 0.455. The Balaban J connectivity index is 1.52. The summed E-state index contributed by atoms with van der Waals surface area (Å²) in [5.74, 6) is 0.799. The van der Waals surface area contributed by atoms with Gasteiger partial charge in [0.15, 0.2) is 11.5 Å². The summed E-state index contributed by atoms with van der Waals surface area (Å²) in [7, 11) is 0. The maximum absolute atomic E-state index is 12.9. The third-order valence-electron chi connectivity index (χ3n) is 4.80. The van der Waals surface area contributed by atoms with Gasteiger partial charge in [-0.25, -0.2) is 4.79 Å². The molecule has 1 amide bonds. The average Bonchev–Trinajstić information content (AvgIpc) is 3.23. The monoisotopic (exact) mass is 431 g/mol. The van der Waals surface area contributed by atoms with Gasteiger partial charge in [-0.15, -0.1) is 11.3 Å². The molecule has 0 aliphatic carbocycles. The van der Waals surface area contributed by atoms with Crippen molar-refractivity contribution in [2.45, 2.75) is 52.4 Å². The van der Waals surface area contributed by atoms with Gasteiger partial charge in [-0.2, -0.15) is 0 Å². The molecular weight excluding hydrogens is 406 g/mol. The zero-order valence-electron chi connectivity index (χ0n) is 17.5. The van der Waals surface area contributed by atoms with Gasteiger partial charge in [0.25, 0.3) is 0 Å². The van der Waals surface area contributed by atoms with Gasteiger partial charge in [-0.1, -0.05) is 6.07 Å². The minimum absolute atomic E-state index is 0.158. The fourth-order valence-electron chi connectivity index (χ4n) is 3.63. The van der Waals surface area contributed by atoms with E-state index in [0.29, 0.717) is 30.3 Å². The van der Waals surface area contributed by atoms with Gasteiger partial charge in [-0.05, 0) is 45.4 Å². The number of thiophene rings is 1. The molecule has 0 fully saturated rings.